The Morgan fingerprint density at radius 1 is 0.567 bits per heavy atom. The normalized spacial score (nSPS) is 25.8. The summed E-state index contributed by atoms with van der Waals surface area (Å²) in [6.07, 6.45) is -1.92. The van der Waals surface area contributed by atoms with Gasteiger partial charge in [-0.3, -0.25) is 0 Å². The molecule has 0 bridgehead atoms. The molecule has 3 aromatic carbocycles. The second-order valence-electron chi connectivity index (χ2n) is 7.47. The molecule has 3 heterocycles. The summed E-state index contributed by atoms with van der Waals surface area (Å²) in [5.41, 5.74) is 1.34. The molecule has 0 saturated carbocycles. The van der Waals surface area contributed by atoms with Crippen molar-refractivity contribution in [3.8, 4) is 0 Å². The number of cyclic esters (lactones) is 3. The number of hydrogen-bond donors (Lipinski definition) is 0. The van der Waals surface area contributed by atoms with Crippen LogP contribution in [0.1, 0.15) is 60.0 Å². The zero-order chi connectivity index (χ0) is 20.5. The quantitative estimate of drug-likeness (QED) is 0.482. The minimum absolute atomic E-state index is 0.360. The molecule has 6 nitrogen and oxygen atoms in total. The van der Waals surface area contributed by atoms with Gasteiger partial charge in [-0.05, 0) is 18.2 Å². The largest absolute Gasteiger partial charge is 0.449 e. The van der Waals surface area contributed by atoms with Gasteiger partial charge in [-0.1, -0.05) is 54.6 Å². The average molecular weight is 398 g/mol. The van der Waals surface area contributed by atoms with Crippen molar-refractivity contribution < 1.29 is 28.6 Å². The van der Waals surface area contributed by atoms with E-state index in [0.29, 0.717) is 33.4 Å². The lowest BCUT2D eigenvalue weighted by Gasteiger charge is -2.37. The highest BCUT2D eigenvalue weighted by Crippen LogP contribution is 2.59. The second kappa shape index (κ2) is 5.79. The molecule has 3 aliphatic heterocycles. The van der Waals surface area contributed by atoms with Crippen molar-refractivity contribution in [3.05, 3.63) is 106 Å². The molecule has 3 aliphatic rings. The van der Waals surface area contributed by atoms with Crippen LogP contribution in [0.3, 0.4) is 0 Å². The molecule has 3 aromatic rings. The lowest BCUT2D eigenvalue weighted by molar-refractivity contribution is -0.150. The van der Waals surface area contributed by atoms with Gasteiger partial charge in [0.15, 0.2) is 12.2 Å². The first-order chi connectivity index (χ1) is 14.6. The lowest BCUT2D eigenvalue weighted by Crippen LogP contribution is -2.41. The smallest absolute Gasteiger partial charge is 0.339 e. The fourth-order valence-electron chi connectivity index (χ4n) is 4.72. The molecule has 0 spiro atoms. The first-order valence-corrected chi connectivity index (χ1v) is 9.54. The highest BCUT2D eigenvalue weighted by atomic mass is 16.6. The van der Waals surface area contributed by atoms with Gasteiger partial charge in [0.1, 0.15) is 0 Å². The van der Waals surface area contributed by atoms with Gasteiger partial charge in [0.2, 0.25) is 5.60 Å². The molecular weight excluding hydrogens is 384 g/mol. The topological polar surface area (TPSA) is 78.9 Å². The molecule has 6 heteroatoms. The summed E-state index contributed by atoms with van der Waals surface area (Å²) in [5, 5.41) is 0. The van der Waals surface area contributed by atoms with Crippen LogP contribution >= 0.6 is 0 Å². The Bertz CT molecular complexity index is 1190. The van der Waals surface area contributed by atoms with Gasteiger partial charge in [0, 0.05) is 16.7 Å². The van der Waals surface area contributed by atoms with Crippen LogP contribution in [0.4, 0.5) is 0 Å². The number of ether oxygens (including phenoxy) is 3. The fourth-order valence-corrected chi connectivity index (χ4v) is 4.72. The Labute approximate surface area is 171 Å². The van der Waals surface area contributed by atoms with Crippen molar-refractivity contribution in [2.24, 2.45) is 0 Å². The van der Waals surface area contributed by atoms with E-state index < -0.39 is 35.7 Å². The summed E-state index contributed by atoms with van der Waals surface area (Å²) >= 11 is 0. The Hall–Kier alpha value is -3.93. The van der Waals surface area contributed by atoms with E-state index in [0.717, 1.165) is 0 Å². The molecule has 0 fully saturated rings. The van der Waals surface area contributed by atoms with Crippen molar-refractivity contribution >= 4 is 17.9 Å². The van der Waals surface area contributed by atoms with E-state index in [-0.39, 0.29) is 0 Å². The minimum Gasteiger partial charge on any atom is -0.449 e. The van der Waals surface area contributed by atoms with Gasteiger partial charge >= 0.3 is 17.9 Å². The molecule has 0 N–H and O–H groups in total. The highest BCUT2D eigenvalue weighted by molar-refractivity contribution is 5.99. The van der Waals surface area contributed by atoms with Gasteiger partial charge in [-0.2, -0.15) is 0 Å². The van der Waals surface area contributed by atoms with E-state index in [9.17, 15) is 14.4 Å². The van der Waals surface area contributed by atoms with Crippen molar-refractivity contribution in [2.45, 2.75) is 17.8 Å². The molecule has 0 radical (unpaired) electrons. The number of esters is 3. The van der Waals surface area contributed by atoms with E-state index >= 15 is 0 Å². The average Bonchev–Trinajstić information content (AvgIpc) is 3.40. The number of hydrogen-bond acceptors (Lipinski definition) is 6. The first kappa shape index (κ1) is 17.0. The summed E-state index contributed by atoms with van der Waals surface area (Å²) < 4.78 is 17.6. The predicted molar refractivity (Wildman–Crippen MR) is 103 cm³/mol. The number of rotatable bonds is 2. The third-order valence-electron chi connectivity index (χ3n) is 5.98. The van der Waals surface area contributed by atoms with Crippen LogP contribution in [-0.2, 0) is 19.8 Å². The number of benzene rings is 3. The van der Waals surface area contributed by atoms with Crippen LogP contribution in [0.5, 0.6) is 0 Å². The third kappa shape index (κ3) is 2.00. The molecule has 0 saturated heterocycles. The van der Waals surface area contributed by atoms with E-state index in [1.54, 1.807) is 72.8 Å². The number of fused-ring (bicyclic) bond motifs is 3. The maximum atomic E-state index is 12.9. The van der Waals surface area contributed by atoms with Crippen molar-refractivity contribution in [3.63, 3.8) is 0 Å². The molecule has 2 atom stereocenters. The van der Waals surface area contributed by atoms with Gasteiger partial charge in [-0.25, -0.2) is 14.4 Å². The van der Waals surface area contributed by atoms with Crippen LogP contribution in [0.25, 0.3) is 0 Å². The number of carbonyl (C=O) groups is 3. The van der Waals surface area contributed by atoms with Crippen LogP contribution < -0.4 is 0 Å². The Morgan fingerprint density at radius 2 is 1.03 bits per heavy atom. The van der Waals surface area contributed by atoms with Crippen molar-refractivity contribution in [1.29, 1.82) is 0 Å². The van der Waals surface area contributed by atoms with Gasteiger partial charge in [0.25, 0.3) is 0 Å². The van der Waals surface area contributed by atoms with Crippen LogP contribution in [-0.4, -0.2) is 17.9 Å². The number of carbonyl (C=O) groups excluding carboxylic acids is 3. The van der Waals surface area contributed by atoms with Crippen molar-refractivity contribution in [2.75, 3.05) is 0 Å². The SMILES string of the molecule is O=C1OC(C2(C3OC(=O)c4ccccc43)OC(=O)c3ccccc32)c2ccccc21. The monoisotopic (exact) mass is 398 g/mol. The molecule has 146 valence electrons. The van der Waals surface area contributed by atoms with Gasteiger partial charge < -0.3 is 14.2 Å². The summed E-state index contributed by atoms with van der Waals surface area (Å²) in [6, 6.07) is 20.9. The molecular formula is C24H14O6. The van der Waals surface area contributed by atoms with Crippen LogP contribution in [0.2, 0.25) is 0 Å². The van der Waals surface area contributed by atoms with Gasteiger partial charge in [-0.15, -0.1) is 0 Å². The molecule has 2 unspecified atom stereocenters. The summed E-state index contributed by atoms with van der Waals surface area (Å²) in [6.45, 7) is 0. The van der Waals surface area contributed by atoms with E-state index in [4.69, 9.17) is 14.2 Å². The van der Waals surface area contributed by atoms with Crippen molar-refractivity contribution in [1.82, 2.24) is 0 Å². The molecule has 30 heavy (non-hydrogen) atoms. The van der Waals surface area contributed by atoms with E-state index in [1.807, 2.05) is 0 Å². The molecule has 6 rings (SSSR count). The molecule has 0 amide bonds. The standard InChI is InChI=1S/C24H14O6/c25-21-15-9-3-1-7-13(15)19(28-21)24(18-12-6-5-11-17(18)23(27)30-24)20-14-8-2-4-10-16(14)22(26)29-20/h1-12,19-20H. The summed E-state index contributed by atoms with van der Waals surface area (Å²) in [4.78, 5) is 38.1. The minimum atomic E-state index is -1.53. The summed E-state index contributed by atoms with van der Waals surface area (Å²) in [5.74, 6) is -1.56. The van der Waals surface area contributed by atoms with E-state index in [2.05, 4.69) is 0 Å². The zero-order valence-corrected chi connectivity index (χ0v) is 15.5. The van der Waals surface area contributed by atoms with E-state index in [1.165, 1.54) is 0 Å². The second-order valence-corrected chi connectivity index (χ2v) is 7.47. The Balaban J connectivity index is 1.65. The maximum absolute atomic E-state index is 12.9. The highest BCUT2D eigenvalue weighted by Gasteiger charge is 2.64. The molecule has 0 aromatic heterocycles. The lowest BCUT2D eigenvalue weighted by atomic mass is 9.77. The molecule has 0 aliphatic carbocycles. The maximum Gasteiger partial charge on any atom is 0.339 e. The van der Waals surface area contributed by atoms with Crippen LogP contribution in [0, 0.1) is 0 Å². The third-order valence-corrected chi connectivity index (χ3v) is 5.98. The predicted octanol–water partition coefficient (Wildman–Crippen LogP) is 3.88. The fraction of sp³-hybridized carbons (Fsp3) is 0.125. The van der Waals surface area contributed by atoms with Crippen LogP contribution in [0.15, 0.2) is 72.8 Å². The zero-order valence-electron chi connectivity index (χ0n) is 15.5. The van der Waals surface area contributed by atoms with Gasteiger partial charge in [0.05, 0.1) is 16.7 Å². The Morgan fingerprint density at radius 3 is 1.60 bits per heavy atom. The Kier molecular flexibility index (Phi) is 3.28. The first-order valence-electron chi connectivity index (χ1n) is 9.54. The summed E-state index contributed by atoms with van der Waals surface area (Å²) in [7, 11) is 0.